The van der Waals surface area contributed by atoms with Crippen LogP contribution in [0.25, 0.3) is 33.5 Å². The third-order valence-electron chi connectivity index (χ3n) is 10.1. The molecule has 0 amide bonds. The van der Waals surface area contributed by atoms with Crippen LogP contribution in [0.5, 0.6) is 0 Å². The standard InChI is InChI=1S/C37H40N/c1-25-15-17-30-31-18-16-28(22-35(31)37(34(30)21-25)19-9-10-20-37)32-23-36(29-14-8-7-11-26(29)2)38(3)24-33(32)27-12-5-4-6-13-27/h7-8,11,14-18,21-24,27H,4-6,9-10,12-13,19-20H2,1-3H3/q+1. The van der Waals surface area contributed by atoms with Crippen molar-refractivity contribution in [3.8, 4) is 33.5 Å². The molecule has 2 saturated carbocycles. The topological polar surface area (TPSA) is 3.88 Å². The summed E-state index contributed by atoms with van der Waals surface area (Å²) in [5.74, 6) is 0.657. The highest BCUT2D eigenvalue weighted by molar-refractivity contribution is 5.85. The first-order chi connectivity index (χ1) is 18.5. The van der Waals surface area contributed by atoms with Crippen LogP contribution in [0.4, 0.5) is 0 Å². The predicted molar refractivity (Wildman–Crippen MR) is 158 cm³/mol. The number of aryl methyl sites for hydroxylation is 3. The second-order valence-corrected chi connectivity index (χ2v) is 12.4. The molecule has 7 rings (SSSR count). The van der Waals surface area contributed by atoms with E-state index in [9.17, 15) is 0 Å². The Morgan fingerprint density at radius 3 is 2.16 bits per heavy atom. The van der Waals surface area contributed by atoms with Gasteiger partial charge in [0.2, 0.25) is 5.69 Å². The van der Waals surface area contributed by atoms with Crippen molar-refractivity contribution in [2.75, 3.05) is 0 Å². The molecular weight excluding hydrogens is 458 g/mol. The lowest BCUT2D eigenvalue weighted by molar-refractivity contribution is -0.660. The van der Waals surface area contributed by atoms with E-state index in [1.165, 1.54) is 102 Å². The van der Waals surface area contributed by atoms with Gasteiger partial charge in [0.15, 0.2) is 6.20 Å². The summed E-state index contributed by atoms with van der Waals surface area (Å²) in [7, 11) is 2.24. The van der Waals surface area contributed by atoms with Crippen LogP contribution in [-0.4, -0.2) is 0 Å². The number of pyridine rings is 1. The lowest BCUT2D eigenvalue weighted by atomic mass is 9.75. The molecule has 0 atom stereocenters. The van der Waals surface area contributed by atoms with E-state index in [2.05, 4.69) is 98.4 Å². The van der Waals surface area contributed by atoms with Gasteiger partial charge in [-0.2, -0.15) is 0 Å². The largest absolute Gasteiger partial charge is 0.213 e. The average molecular weight is 499 g/mol. The van der Waals surface area contributed by atoms with Crippen LogP contribution in [0.1, 0.15) is 91.5 Å². The fourth-order valence-corrected chi connectivity index (χ4v) is 8.08. The summed E-state index contributed by atoms with van der Waals surface area (Å²) in [6.45, 7) is 4.49. The Hall–Kier alpha value is -3.19. The zero-order chi connectivity index (χ0) is 25.9. The minimum atomic E-state index is 0.204. The van der Waals surface area contributed by atoms with Crippen LogP contribution in [0.15, 0.2) is 72.9 Å². The predicted octanol–water partition coefficient (Wildman–Crippen LogP) is 9.35. The Kier molecular flexibility index (Phi) is 5.80. The second kappa shape index (κ2) is 9.23. The van der Waals surface area contributed by atoms with Gasteiger partial charge in [0.25, 0.3) is 0 Å². The molecular formula is C37H40N+. The molecule has 0 unspecified atom stereocenters. The van der Waals surface area contributed by atoms with E-state index in [0.717, 1.165) is 0 Å². The summed E-state index contributed by atoms with van der Waals surface area (Å²) in [5, 5.41) is 0. The van der Waals surface area contributed by atoms with Crippen molar-refractivity contribution in [1.82, 2.24) is 0 Å². The van der Waals surface area contributed by atoms with Gasteiger partial charge in [0.1, 0.15) is 7.05 Å². The molecule has 0 N–H and O–H groups in total. The van der Waals surface area contributed by atoms with Crippen molar-refractivity contribution >= 4 is 0 Å². The summed E-state index contributed by atoms with van der Waals surface area (Å²) in [6, 6.07) is 26.0. The highest BCUT2D eigenvalue weighted by Gasteiger charge is 2.45. The van der Waals surface area contributed by atoms with Gasteiger partial charge >= 0.3 is 0 Å². The molecule has 1 spiro atoms. The number of benzene rings is 3. The van der Waals surface area contributed by atoms with Crippen molar-refractivity contribution in [1.29, 1.82) is 0 Å². The SMILES string of the molecule is Cc1ccc2c(c1)C1(CCCC1)c1cc(-c3cc(-c4ccccc4C)[n+](C)cc3C3CCCCC3)ccc1-2. The third-order valence-corrected chi connectivity index (χ3v) is 10.1. The summed E-state index contributed by atoms with van der Waals surface area (Å²) in [4.78, 5) is 0. The lowest BCUT2D eigenvalue weighted by Gasteiger charge is -2.28. The summed E-state index contributed by atoms with van der Waals surface area (Å²) >= 11 is 0. The van der Waals surface area contributed by atoms with Gasteiger partial charge in [-0.15, -0.1) is 0 Å². The van der Waals surface area contributed by atoms with E-state index in [4.69, 9.17) is 0 Å². The summed E-state index contributed by atoms with van der Waals surface area (Å²) in [5.41, 5.74) is 16.1. The summed E-state index contributed by atoms with van der Waals surface area (Å²) in [6.07, 6.45) is 14.5. The Bertz CT molecular complexity index is 1530. The molecule has 38 heavy (non-hydrogen) atoms. The molecule has 0 saturated heterocycles. The highest BCUT2D eigenvalue weighted by Crippen LogP contribution is 2.57. The van der Waals surface area contributed by atoms with Gasteiger partial charge in [0.05, 0.1) is 0 Å². The van der Waals surface area contributed by atoms with Crippen molar-refractivity contribution in [2.24, 2.45) is 7.05 Å². The van der Waals surface area contributed by atoms with Crippen LogP contribution in [0.3, 0.4) is 0 Å². The quantitative estimate of drug-likeness (QED) is 0.248. The number of hydrogen-bond acceptors (Lipinski definition) is 0. The molecule has 192 valence electrons. The Balaban J connectivity index is 1.44. The molecule has 4 aromatic rings. The van der Waals surface area contributed by atoms with Gasteiger partial charge in [-0.05, 0) is 96.5 Å². The maximum atomic E-state index is 2.61. The van der Waals surface area contributed by atoms with Crippen LogP contribution in [-0.2, 0) is 12.5 Å². The minimum Gasteiger partial charge on any atom is -0.201 e. The normalized spacial score (nSPS) is 18.1. The molecule has 0 aliphatic heterocycles. The number of nitrogens with zero attached hydrogens (tertiary/aromatic N) is 1. The molecule has 1 nitrogen and oxygen atoms in total. The molecule has 0 bridgehead atoms. The number of fused-ring (bicyclic) bond motifs is 5. The summed E-state index contributed by atoms with van der Waals surface area (Å²) < 4.78 is 2.39. The molecule has 1 heteroatoms. The van der Waals surface area contributed by atoms with Crippen molar-refractivity contribution < 1.29 is 4.57 Å². The number of hydrogen-bond donors (Lipinski definition) is 0. The fraction of sp³-hybridized carbons (Fsp3) is 0.378. The zero-order valence-electron chi connectivity index (χ0n) is 23.3. The van der Waals surface area contributed by atoms with E-state index in [1.54, 1.807) is 16.7 Å². The van der Waals surface area contributed by atoms with E-state index in [-0.39, 0.29) is 5.41 Å². The van der Waals surface area contributed by atoms with Crippen LogP contribution in [0.2, 0.25) is 0 Å². The van der Waals surface area contributed by atoms with Gasteiger partial charge in [-0.3, -0.25) is 0 Å². The van der Waals surface area contributed by atoms with Gasteiger partial charge in [-0.25, -0.2) is 4.57 Å². The Labute approximate surface area is 228 Å². The van der Waals surface area contributed by atoms with Gasteiger partial charge in [0, 0.05) is 22.6 Å². The fourth-order valence-electron chi connectivity index (χ4n) is 8.08. The Morgan fingerprint density at radius 2 is 1.39 bits per heavy atom. The van der Waals surface area contributed by atoms with E-state index in [1.807, 2.05) is 0 Å². The number of aromatic nitrogens is 1. The van der Waals surface area contributed by atoms with E-state index in [0.29, 0.717) is 5.92 Å². The first-order valence-electron chi connectivity index (χ1n) is 14.9. The Morgan fingerprint density at radius 1 is 0.684 bits per heavy atom. The van der Waals surface area contributed by atoms with Crippen LogP contribution in [0, 0.1) is 13.8 Å². The second-order valence-electron chi connectivity index (χ2n) is 12.4. The smallest absolute Gasteiger partial charge is 0.201 e. The molecule has 0 radical (unpaired) electrons. The van der Waals surface area contributed by atoms with Crippen molar-refractivity contribution in [2.45, 2.75) is 83.0 Å². The van der Waals surface area contributed by atoms with E-state index < -0.39 is 0 Å². The van der Waals surface area contributed by atoms with Crippen molar-refractivity contribution in [3.63, 3.8) is 0 Å². The monoisotopic (exact) mass is 498 g/mol. The lowest BCUT2D eigenvalue weighted by Crippen LogP contribution is -2.32. The highest BCUT2D eigenvalue weighted by atomic mass is 14.9. The molecule has 1 aromatic heterocycles. The first-order valence-corrected chi connectivity index (χ1v) is 14.9. The van der Waals surface area contributed by atoms with E-state index >= 15 is 0 Å². The number of rotatable bonds is 3. The van der Waals surface area contributed by atoms with Gasteiger partial charge < -0.3 is 0 Å². The molecule has 3 aromatic carbocycles. The van der Waals surface area contributed by atoms with Crippen LogP contribution < -0.4 is 4.57 Å². The molecule has 3 aliphatic rings. The zero-order valence-corrected chi connectivity index (χ0v) is 23.3. The molecule has 1 heterocycles. The minimum absolute atomic E-state index is 0.204. The van der Waals surface area contributed by atoms with Crippen LogP contribution >= 0.6 is 0 Å². The van der Waals surface area contributed by atoms with Crippen molar-refractivity contribution in [3.05, 3.63) is 101 Å². The maximum Gasteiger partial charge on any atom is 0.213 e. The maximum absolute atomic E-state index is 2.61. The molecule has 2 fully saturated rings. The van der Waals surface area contributed by atoms with Gasteiger partial charge in [-0.1, -0.05) is 86.2 Å². The molecule has 3 aliphatic carbocycles. The third kappa shape index (κ3) is 3.69. The average Bonchev–Trinajstić information content (AvgIpc) is 3.54. The first kappa shape index (κ1) is 23.9.